The van der Waals surface area contributed by atoms with Gasteiger partial charge in [-0.1, -0.05) is 39.0 Å². The van der Waals surface area contributed by atoms with Crippen molar-refractivity contribution in [2.75, 3.05) is 20.0 Å². The molecule has 0 saturated carbocycles. The predicted octanol–water partition coefficient (Wildman–Crippen LogP) is 4.34. The summed E-state index contributed by atoms with van der Waals surface area (Å²) < 4.78 is 10.7. The number of hydrogen-bond acceptors (Lipinski definition) is 5. The third-order valence-corrected chi connectivity index (χ3v) is 6.53. The summed E-state index contributed by atoms with van der Waals surface area (Å²) in [7, 11) is 3.10. The first-order chi connectivity index (χ1) is 14.2. The smallest absolute Gasteiger partial charge is 0.327 e. The monoisotopic (exact) mass is 429 g/mol. The maximum atomic E-state index is 13.4. The van der Waals surface area contributed by atoms with Gasteiger partial charge < -0.3 is 19.5 Å². The lowest BCUT2D eigenvalue weighted by Crippen LogP contribution is -2.43. The van der Waals surface area contributed by atoms with Crippen LogP contribution in [0.4, 0.5) is 0 Å². The van der Waals surface area contributed by atoms with E-state index in [4.69, 9.17) is 9.47 Å². The fourth-order valence-electron chi connectivity index (χ4n) is 3.47. The summed E-state index contributed by atoms with van der Waals surface area (Å²) in [5, 5.41) is 9.30. The first kappa shape index (κ1) is 22.0. The molecule has 6 nitrogen and oxygen atoms in total. The highest BCUT2D eigenvalue weighted by Crippen LogP contribution is 2.44. The lowest BCUT2D eigenvalue weighted by Gasteiger charge is -2.28. The fraction of sp³-hybridized carbons (Fsp3) is 0.391. The van der Waals surface area contributed by atoms with Gasteiger partial charge in [0.15, 0.2) is 11.5 Å². The van der Waals surface area contributed by atoms with Crippen molar-refractivity contribution in [2.24, 2.45) is 0 Å². The molecule has 0 bridgehead atoms. The highest BCUT2D eigenvalue weighted by Gasteiger charge is 2.43. The van der Waals surface area contributed by atoms with Crippen LogP contribution in [0.3, 0.4) is 0 Å². The van der Waals surface area contributed by atoms with Crippen molar-refractivity contribution in [3.05, 3.63) is 59.2 Å². The molecule has 0 spiro atoms. The molecule has 1 saturated heterocycles. The summed E-state index contributed by atoms with van der Waals surface area (Å²) in [6.45, 7) is 6.32. The molecule has 2 aromatic carbocycles. The van der Waals surface area contributed by atoms with Gasteiger partial charge in [-0.3, -0.25) is 4.79 Å². The Bertz CT molecular complexity index is 936. The molecule has 2 unspecified atom stereocenters. The molecule has 1 fully saturated rings. The Morgan fingerprint density at radius 1 is 1.03 bits per heavy atom. The van der Waals surface area contributed by atoms with E-state index in [9.17, 15) is 14.7 Å². The molecule has 2 aromatic rings. The Morgan fingerprint density at radius 2 is 1.67 bits per heavy atom. The number of carbonyl (C=O) groups is 2. The molecule has 1 aliphatic rings. The van der Waals surface area contributed by atoms with Gasteiger partial charge in [0.25, 0.3) is 5.91 Å². The normalized spacial score (nSPS) is 18.9. The first-order valence-electron chi connectivity index (χ1n) is 9.67. The maximum absolute atomic E-state index is 13.4. The van der Waals surface area contributed by atoms with Crippen LogP contribution in [0, 0.1) is 0 Å². The minimum absolute atomic E-state index is 0.0309. The zero-order chi connectivity index (χ0) is 22.1. The van der Waals surface area contributed by atoms with Crippen molar-refractivity contribution in [2.45, 2.75) is 37.6 Å². The van der Waals surface area contributed by atoms with Crippen molar-refractivity contribution in [3.8, 4) is 11.5 Å². The molecule has 0 radical (unpaired) electrons. The molecular formula is C23H27NO5S. The molecule has 7 heteroatoms. The quantitative estimate of drug-likeness (QED) is 0.762. The van der Waals surface area contributed by atoms with E-state index in [1.807, 2.05) is 18.2 Å². The van der Waals surface area contributed by atoms with E-state index in [1.54, 1.807) is 38.5 Å². The van der Waals surface area contributed by atoms with E-state index < -0.39 is 17.4 Å². The number of carboxylic acid groups (broad SMARTS) is 1. The van der Waals surface area contributed by atoms with Crippen LogP contribution < -0.4 is 9.47 Å². The van der Waals surface area contributed by atoms with Crippen LogP contribution in [0.1, 0.15) is 47.6 Å². The number of methoxy groups -OCH3 is 2. The molecule has 1 N–H and O–H groups in total. The van der Waals surface area contributed by atoms with E-state index in [0.29, 0.717) is 22.8 Å². The molecular weight excluding hydrogens is 402 g/mol. The predicted molar refractivity (Wildman–Crippen MR) is 117 cm³/mol. The summed E-state index contributed by atoms with van der Waals surface area (Å²) in [5.74, 6) is 0.129. The topological polar surface area (TPSA) is 76.1 Å². The summed E-state index contributed by atoms with van der Waals surface area (Å²) in [5.41, 5.74) is 2.35. The van der Waals surface area contributed by atoms with Gasteiger partial charge in [0.05, 0.1) is 14.2 Å². The molecule has 1 heterocycles. The summed E-state index contributed by atoms with van der Waals surface area (Å²) >= 11 is 1.43. The van der Waals surface area contributed by atoms with E-state index in [1.165, 1.54) is 16.7 Å². The Kier molecular flexibility index (Phi) is 6.31. The van der Waals surface area contributed by atoms with Gasteiger partial charge in [0, 0.05) is 11.3 Å². The minimum Gasteiger partial charge on any atom is -0.493 e. The van der Waals surface area contributed by atoms with Gasteiger partial charge in [-0.25, -0.2) is 4.79 Å². The van der Waals surface area contributed by atoms with E-state index in [-0.39, 0.29) is 11.3 Å². The van der Waals surface area contributed by atoms with Gasteiger partial charge in [-0.15, -0.1) is 11.8 Å². The minimum atomic E-state index is -1.01. The fourth-order valence-corrected chi connectivity index (χ4v) is 4.88. The van der Waals surface area contributed by atoms with Gasteiger partial charge in [-0.05, 0) is 40.8 Å². The number of carboxylic acids is 1. The summed E-state index contributed by atoms with van der Waals surface area (Å²) in [4.78, 5) is 26.7. The van der Waals surface area contributed by atoms with Crippen molar-refractivity contribution < 1.29 is 24.2 Å². The van der Waals surface area contributed by atoms with Crippen LogP contribution in [-0.2, 0) is 10.2 Å². The lowest BCUT2D eigenvalue weighted by atomic mass is 9.86. The van der Waals surface area contributed by atoms with Crippen LogP contribution in [0.5, 0.6) is 11.5 Å². The van der Waals surface area contributed by atoms with Gasteiger partial charge >= 0.3 is 5.97 Å². The van der Waals surface area contributed by atoms with Crippen molar-refractivity contribution >= 4 is 23.6 Å². The van der Waals surface area contributed by atoms with E-state index in [0.717, 1.165) is 11.1 Å². The van der Waals surface area contributed by atoms with Crippen LogP contribution in [0.2, 0.25) is 0 Å². The van der Waals surface area contributed by atoms with Crippen LogP contribution in [0.15, 0.2) is 42.5 Å². The molecule has 2 atom stereocenters. The summed E-state index contributed by atoms with van der Waals surface area (Å²) in [6.07, 6.45) is 0. The Hall–Kier alpha value is -2.67. The number of carbonyl (C=O) groups excluding carboxylic acids is 1. The molecule has 0 aromatic heterocycles. The zero-order valence-corrected chi connectivity index (χ0v) is 18.7. The van der Waals surface area contributed by atoms with Crippen LogP contribution >= 0.6 is 11.8 Å². The number of amides is 1. The SMILES string of the molecule is COc1ccc(C2SCC(C(=O)O)N2C(=O)c2ccc(C(C)(C)C)cc2)cc1OC. The molecule has 1 aliphatic heterocycles. The number of aliphatic carboxylic acids is 1. The highest BCUT2D eigenvalue weighted by atomic mass is 32.2. The summed E-state index contributed by atoms with van der Waals surface area (Å²) in [6, 6.07) is 11.9. The molecule has 0 aliphatic carbocycles. The van der Waals surface area contributed by atoms with Crippen LogP contribution in [-0.4, -0.2) is 47.9 Å². The Labute approximate surface area is 181 Å². The standard InChI is InChI=1S/C23H27NO5S/c1-23(2,3)16-9-6-14(7-10-16)20(25)24-17(22(26)27)13-30-21(24)15-8-11-18(28-4)19(12-15)29-5/h6-12,17,21H,13H2,1-5H3,(H,26,27). The second-order valence-corrected chi connectivity index (χ2v) is 9.31. The van der Waals surface area contributed by atoms with E-state index >= 15 is 0 Å². The average molecular weight is 430 g/mol. The average Bonchev–Trinajstić information content (AvgIpc) is 3.17. The van der Waals surface area contributed by atoms with Crippen molar-refractivity contribution in [1.82, 2.24) is 4.90 Å². The van der Waals surface area contributed by atoms with Gasteiger partial charge in [-0.2, -0.15) is 0 Å². The number of nitrogens with zero attached hydrogens (tertiary/aromatic N) is 1. The number of hydrogen-bond donors (Lipinski definition) is 1. The molecule has 1 amide bonds. The maximum Gasteiger partial charge on any atom is 0.327 e. The van der Waals surface area contributed by atoms with Gasteiger partial charge in [0.1, 0.15) is 11.4 Å². The van der Waals surface area contributed by atoms with Gasteiger partial charge in [0.2, 0.25) is 0 Å². The Balaban J connectivity index is 1.97. The van der Waals surface area contributed by atoms with Crippen LogP contribution in [0.25, 0.3) is 0 Å². The third-order valence-electron chi connectivity index (χ3n) is 5.21. The third kappa shape index (κ3) is 4.26. The van der Waals surface area contributed by atoms with E-state index in [2.05, 4.69) is 20.8 Å². The number of thioether (sulfide) groups is 1. The number of ether oxygens (including phenoxy) is 2. The Morgan fingerprint density at radius 3 is 2.20 bits per heavy atom. The number of rotatable bonds is 5. The molecule has 3 rings (SSSR count). The highest BCUT2D eigenvalue weighted by molar-refractivity contribution is 7.99. The molecule has 160 valence electrons. The molecule has 30 heavy (non-hydrogen) atoms. The lowest BCUT2D eigenvalue weighted by molar-refractivity contribution is -0.141. The number of benzene rings is 2. The largest absolute Gasteiger partial charge is 0.493 e. The van der Waals surface area contributed by atoms with Crippen molar-refractivity contribution in [1.29, 1.82) is 0 Å². The second kappa shape index (κ2) is 8.60. The zero-order valence-electron chi connectivity index (χ0n) is 17.8. The second-order valence-electron chi connectivity index (χ2n) is 8.19. The first-order valence-corrected chi connectivity index (χ1v) is 10.7. The van der Waals surface area contributed by atoms with Crippen molar-refractivity contribution in [3.63, 3.8) is 0 Å².